The standard InChI is InChI=1S/C22H26N4O3/c1-4-24(5-2)21(28)16-11-13-17(14-12-16)23-20(27)15-26-19-10-8-7-9-18(19)25(6-3)22(26)29/h7-14H,4-6,15H2,1-3H3,(H,23,27). The third-order valence-corrected chi connectivity index (χ3v) is 5.01. The first-order valence-corrected chi connectivity index (χ1v) is 9.87. The number of benzene rings is 2. The van der Waals surface area contributed by atoms with Crippen molar-refractivity contribution in [1.82, 2.24) is 14.0 Å². The average molecular weight is 394 g/mol. The van der Waals surface area contributed by atoms with Crippen LogP contribution < -0.4 is 11.0 Å². The Labute approximate surface area is 169 Å². The highest BCUT2D eigenvalue weighted by Crippen LogP contribution is 2.14. The number of amides is 2. The zero-order valence-corrected chi connectivity index (χ0v) is 17.0. The first-order chi connectivity index (χ1) is 14.0. The van der Waals surface area contributed by atoms with E-state index in [2.05, 4.69) is 5.32 Å². The molecule has 0 aliphatic carbocycles. The Morgan fingerprint density at radius 2 is 1.48 bits per heavy atom. The normalized spacial score (nSPS) is 10.9. The number of para-hydroxylation sites is 2. The highest BCUT2D eigenvalue weighted by molar-refractivity contribution is 5.96. The van der Waals surface area contributed by atoms with Crippen LogP contribution in [0.2, 0.25) is 0 Å². The van der Waals surface area contributed by atoms with E-state index in [1.54, 1.807) is 33.7 Å². The minimum Gasteiger partial charge on any atom is -0.339 e. The Morgan fingerprint density at radius 1 is 0.897 bits per heavy atom. The molecule has 0 saturated carbocycles. The molecule has 0 radical (unpaired) electrons. The van der Waals surface area contributed by atoms with E-state index in [4.69, 9.17) is 0 Å². The van der Waals surface area contributed by atoms with Crippen molar-refractivity contribution in [2.24, 2.45) is 0 Å². The molecular formula is C22H26N4O3. The van der Waals surface area contributed by atoms with Gasteiger partial charge in [-0.3, -0.25) is 18.7 Å². The molecule has 2 amide bonds. The van der Waals surface area contributed by atoms with Crippen molar-refractivity contribution in [3.05, 3.63) is 64.6 Å². The maximum Gasteiger partial charge on any atom is 0.329 e. The number of fused-ring (bicyclic) bond motifs is 1. The zero-order chi connectivity index (χ0) is 21.0. The van der Waals surface area contributed by atoms with Crippen molar-refractivity contribution < 1.29 is 9.59 Å². The molecule has 7 heteroatoms. The molecule has 3 aromatic rings. The Morgan fingerprint density at radius 3 is 2.03 bits per heavy atom. The highest BCUT2D eigenvalue weighted by atomic mass is 16.2. The fourth-order valence-corrected chi connectivity index (χ4v) is 3.46. The lowest BCUT2D eigenvalue weighted by Gasteiger charge is -2.18. The fourth-order valence-electron chi connectivity index (χ4n) is 3.46. The van der Waals surface area contributed by atoms with E-state index in [1.807, 2.05) is 45.0 Å². The summed E-state index contributed by atoms with van der Waals surface area (Å²) in [5.74, 6) is -0.333. The molecule has 0 spiro atoms. The van der Waals surface area contributed by atoms with Crippen LogP contribution in [0.4, 0.5) is 5.69 Å². The van der Waals surface area contributed by atoms with E-state index in [9.17, 15) is 14.4 Å². The molecule has 0 bridgehead atoms. The molecule has 152 valence electrons. The predicted octanol–water partition coefficient (Wildman–Crippen LogP) is 2.94. The maximum absolute atomic E-state index is 12.7. The van der Waals surface area contributed by atoms with Crippen LogP contribution >= 0.6 is 0 Å². The molecule has 1 aromatic heterocycles. The summed E-state index contributed by atoms with van der Waals surface area (Å²) in [7, 11) is 0. The van der Waals surface area contributed by atoms with Crippen LogP contribution in [0.15, 0.2) is 53.3 Å². The molecule has 1 N–H and O–H groups in total. The van der Waals surface area contributed by atoms with Gasteiger partial charge in [0.2, 0.25) is 5.91 Å². The lowest BCUT2D eigenvalue weighted by Crippen LogP contribution is -2.30. The number of carbonyl (C=O) groups excluding carboxylic acids is 2. The van der Waals surface area contributed by atoms with Gasteiger partial charge < -0.3 is 10.2 Å². The summed E-state index contributed by atoms with van der Waals surface area (Å²) in [6, 6.07) is 14.2. The minimum absolute atomic E-state index is 0.0354. The molecule has 1 heterocycles. The molecule has 0 unspecified atom stereocenters. The summed E-state index contributed by atoms with van der Waals surface area (Å²) in [5.41, 5.74) is 2.50. The van der Waals surface area contributed by atoms with Crippen molar-refractivity contribution in [2.45, 2.75) is 33.9 Å². The summed E-state index contributed by atoms with van der Waals surface area (Å²) in [6.07, 6.45) is 0. The van der Waals surface area contributed by atoms with Crippen LogP contribution in [-0.4, -0.2) is 38.9 Å². The SMILES string of the molecule is CCN(CC)C(=O)c1ccc(NC(=O)Cn2c(=O)n(CC)c3ccccc32)cc1. The van der Waals surface area contributed by atoms with Gasteiger partial charge in [-0.25, -0.2) is 4.79 Å². The van der Waals surface area contributed by atoms with Crippen molar-refractivity contribution in [2.75, 3.05) is 18.4 Å². The van der Waals surface area contributed by atoms with Gasteiger partial charge in [0.15, 0.2) is 0 Å². The predicted molar refractivity (Wildman–Crippen MR) is 114 cm³/mol. The Bertz CT molecular complexity index is 1080. The van der Waals surface area contributed by atoms with Gasteiger partial charge in [0.25, 0.3) is 5.91 Å². The number of nitrogens with zero attached hydrogens (tertiary/aromatic N) is 3. The number of carbonyl (C=O) groups is 2. The molecule has 29 heavy (non-hydrogen) atoms. The van der Waals surface area contributed by atoms with Gasteiger partial charge in [-0.1, -0.05) is 12.1 Å². The number of hydrogen-bond acceptors (Lipinski definition) is 3. The minimum atomic E-state index is -0.297. The summed E-state index contributed by atoms with van der Waals surface area (Å²) < 4.78 is 3.13. The lowest BCUT2D eigenvalue weighted by molar-refractivity contribution is -0.116. The molecule has 0 atom stereocenters. The number of rotatable bonds is 7. The number of imidazole rings is 1. The number of nitrogens with one attached hydrogen (secondary N) is 1. The van der Waals surface area contributed by atoms with E-state index >= 15 is 0 Å². The second kappa shape index (κ2) is 8.77. The number of aromatic nitrogens is 2. The molecule has 3 rings (SSSR count). The second-order valence-corrected chi connectivity index (χ2v) is 6.70. The van der Waals surface area contributed by atoms with Crippen LogP contribution in [-0.2, 0) is 17.9 Å². The Kier molecular flexibility index (Phi) is 6.16. The second-order valence-electron chi connectivity index (χ2n) is 6.70. The fraction of sp³-hybridized carbons (Fsp3) is 0.318. The summed E-state index contributed by atoms with van der Waals surface area (Å²) in [4.78, 5) is 39.3. The molecule has 0 fully saturated rings. The zero-order valence-electron chi connectivity index (χ0n) is 17.0. The summed E-state index contributed by atoms with van der Waals surface area (Å²) in [5, 5.41) is 2.80. The summed E-state index contributed by atoms with van der Waals surface area (Å²) >= 11 is 0. The van der Waals surface area contributed by atoms with Crippen LogP contribution in [0.5, 0.6) is 0 Å². The lowest BCUT2D eigenvalue weighted by atomic mass is 10.1. The number of aryl methyl sites for hydroxylation is 1. The van der Waals surface area contributed by atoms with E-state index in [-0.39, 0.29) is 24.0 Å². The third kappa shape index (κ3) is 4.08. The molecule has 2 aromatic carbocycles. The van der Waals surface area contributed by atoms with Gasteiger partial charge in [0, 0.05) is 30.9 Å². The van der Waals surface area contributed by atoms with Gasteiger partial charge in [0.05, 0.1) is 11.0 Å². The molecular weight excluding hydrogens is 368 g/mol. The number of hydrogen-bond donors (Lipinski definition) is 1. The van der Waals surface area contributed by atoms with Crippen molar-refractivity contribution >= 4 is 28.5 Å². The van der Waals surface area contributed by atoms with E-state index in [0.29, 0.717) is 30.9 Å². The Hall–Kier alpha value is -3.35. The average Bonchev–Trinajstić information content (AvgIpc) is 3.00. The quantitative estimate of drug-likeness (QED) is 0.669. The van der Waals surface area contributed by atoms with Gasteiger partial charge in [-0.15, -0.1) is 0 Å². The van der Waals surface area contributed by atoms with Crippen LogP contribution in [0.1, 0.15) is 31.1 Å². The van der Waals surface area contributed by atoms with Gasteiger partial charge in [0.1, 0.15) is 6.54 Å². The van der Waals surface area contributed by atoms with Gasteiger partial charge in [-0.2, -0.15) is 0 Å². The van der Waals surface area contributed by atoms with Gasteiger partial charge >= 0.3 is 5.69 Å². The van der Waals surface area contributed by atoms with E-state index in [1.165, 1.54) is 4.57 Å². The first-order valence-electron chi connectivity index (χ1n) is 9.87. The molecule has 7 nitrogen and oxygen atoms in total. The van der Waals surface area contributed by atoms with E-state index in [0.717, 1.165) is 11.0 Å². The number of anilines is 1. The van der Waals surface area contributed by atoms with Crippen LogP contribution in [0, 0.1) is 0 Å². The topological polar surface area (TPSA) is 76.3 Å². The first kappa shape index (κ1) is 20.4. The Balaban J connectivity index is 1.75. The van der Waals surface area contributed by atoms with E-state index < -0.39 is 0 Å². The van der Waals surface area contributed by atoms with Crippen LogP contribution in [0.3, 0.4) is 0 Å². The van der Waals surface area contributed by atoms with Crippen molar-refractivity contribution in [3.8, 4) is 0 Å². The summed E-state index contributed by atoms with van der Waals surface area (Å²) in [6.45, 7) is 7.53. The van der Waals surface area contributed by atoms with Gasteiger partial charge in [-0.05, 0) is 57.2 Å². The monoisotopic (exact) mass is 394 g/mol. The molecule has 0 saturated heterocycles. The van der Waals surface area contributed by atoms with Crippen molar-refractivity contribution in [1.29, 1.82) is 0 Å². The van der Waals surface area contributed by atoms with Crippen molar-refractivity contribution in [3.63, 3.8) is 0 Å². The molecule has 0 aliphatic heterocycles. The highest BCUT2D eigenvalue weighted by Gasteiger charge is 2.15. The third-order valence-electron chi connectivity index (χ3n) is 5.01. The molecule has 0 aliphatic rings. The van der Waals surface area contributed by atoms with Crippen LogP contribution in [0.25, 0.3) is 11.0 Å². The maximum atomic E-state index is 12.7. The largest absolute Gasteiger partial charge is 0.339 e. The smallest absolute Gasteiger partial charge is 0.329 e.